The third-order valence-corrected chi connectivity index (χ3v) is 6.86. The Kier molecular flexibility index (Phi) is 6.26. The number of nitrogens with zero attached hydrogens (tertiary/aromatic N) is 1. The fraction of sp³-hybridized carbons (Fsp3) is 0.368. The van der Waals surface area contributed by atoms with Crippen LogP contribution in [0.2, 0.25) is 5.02 Å². The number of rotatable bonds is 6. The van der Waals surface area contributed by atoms with E-state index in [1.54, 1.807) is 36.4 Å². The van der Waals surface area contributed by atoms with Crippen LogP contribution in [-0.2, 0) is 16.6 Å². The molecule has 1 aliphatic rings. The number of aliphatic hydroxyl groups excluding tert-OH is 1. The quantitative estimate of drug-likeness (QED) is 0.765. The highest BCUT2D eigenvalue weighted by Gasteiger charge is 2.29. The lowest BCUT2D eigenvalue weighted by Crippen LogP contribution is -2.42. The van der Waals surface area contributed by atoms with Gasteiger partial charge in [0.1, 0.15) is 5.75 Å². The van der Waals surface area contributed by atoms with Crippen LogP contribution in [0, 0.1) is 0 Å². The van der Waals surface area contributed by atoms with Gasteiger partial charge in [-0.3, -0.25) is 0 Å². The van der Waals surface area contributed by atoms with Gasteiger partial charge < -0.3 is 15.2 Å². The van der Waals surface area contributed by atoms with Gasteiger partial charge in [-0.15, -0.1) is 0 Å². The number of piperidine rings is 1. The fourth-order valence-corrected chi connectivity index (χ4v) is 4.91. The van der Waals surface area contributed by atoms with Gasteiger partial charge in [0.25, 0.3) is 0 Å². The minimum Gasteiger partial charge on any atom is -0.497 e. The van der Waals surface area contributed by atoms with Gasteiger partial charge in [0.15, 0.2) is 0 Å². The van der Waals surface area contributed by atoms with E-state index in [0.717, 1.165) is 11.3 Å². The second-order valence-corrected chi connectivity index (χ2v) is 8.84. The van der Waals surface area contributed by atoms with Gasteiger partial charge in [0, 0.05) is 41.5 Å². The molecule has 3 rings (SSSR count). The molecule has 1 aliphatic heterocycles. The van der Waals surface area contributed by atoms with E-state index in [-0.39, 0.29) is 17.5 Å². The van der Waals surface area contributed by atoms with E-state index in [4.69, 9.17) is 16.3 Å². The lowest BCUT2D eigenvalue weighted by Gasteiger charge is -2.32. The molecule has 0 spiro atoms. The monoisotopic (exact) mass is 410 g/mol. The first-order valence-electron chi connectivity index (χ1n) is 8.74. The Morgan fingerprint density at radius 2 is 1.96 bits per heavy atom. The molecule has 0 amide bonds. The number of hydrogen-bond acceptors (Lipinski definition) is 5. The van der Waals surface area contributed by atoms with Crippen molar-refractivity contribution in [3.8, 4) is 5.75 Å². The Bertz CT molecular complexity index is 896. The number of anilines is 1. The van der Waals surface area contributed by atoms with Crippen LogP contribution in [0.1, 0.15) is 18.4 Å². The lowest BCUT2D eigenvalue weighted by atomic mass is 10.1. The number of nitrogens with one attached hydrogen (secondary N) is 1. The summed E-state index contributed by atoms with van der Waals surface area (Å²) in [6, 6.07) is 12.0. The Balaban J connectivity index is 1.66. The first kappa shape index (κ1) is 19.9. The van der Waals surface area contributed by atoms with Crippen LogP contribution in [0.4, 0.5) is 5.69 Å². The highest BCUT2D eigenvalue weighted by Crippen LogP contribution is 2.27. The minimum absolute atomic E-state index is 0.105. The largest absolute Gasteiger partial charge is 0.497 e. The topological polar surface area (TPSA) is 78.9 Å². The van der Waals surface area contributed by atoms with Gasteiger partial charge in [-0.2, -0.15) is 4.31 Å². The van der Waals surface area contributed by atoms with Crippen molar-refractivity contribution in [3.05, 3.63) is 53.1 Å². The summed E-state index contributed by atoms with van der Waals surface area (Å²) in [6.07, 6.45) is 1.35. The molecule has 0 atom stereocenters. The maximum atomic E-state index is 12.9. The van der Waals surface area contributed by atoms with Crippen LogP contribution in [0.25, 0.3) is 0 Å². The molecule has 1 saturated heterocycles. The Hall–Kier alpha value is -1.80. The molecule has 0 unspecified atom stereocenters. The zero-order chi connectivity index (χ0) is 19.4. The predicted molar refractivity (Wildman–Crippen MR) is 106 cm³/mol. The highest BCUT2D eigenvalue weighted by atomic mass is 35.5. The molecule has 0 aliphatic carbocycles. The molecule has 146 valence electrons. The predicted octanol–water partition coefficient (Wildman–Crippen LogP) is 3.11. The van der Waals surface area contributed by atoms with E-state index in [0.29, 0.717) is 36.7 Å². The number of halogens is 1. The van der Waals surface area contributed by atoms with Gasteiger partial charge in [0.05, 0.1) is 18.6 Å². The lowest BCUT2D eigenvalue weighted by molar-refractivity contribution is 0.282. The maximum Gasteiger partial charge on any atom is 0.243 e. The van der Waals surface area contributed by atoms with E-state index in [1.165, 1.54) is 11.4 Å². The SMILES string of the molecule is COc1cccc(S(=O)(=O)N2CCC(Nc3ccc(Cl)cc3CO)CC2)c1. The normalized spacial score (nSPS) is 16.3. The molecule has 2 aromatic carbocycles. The number of aliphatic hydroxyl groups is 1. The van der Waals surface area contributed by atoms with Crippen LogP contribution in [0.15, 0.2) is 47.4 Å². The first-order valence-corrected chi connectivity index (χ1v) is 10.6. The summed E-state index contributed by atoms with van der Waals surface area (Å²) in [4.78, 5) is 0.244. The number of hydrogen-bond donors (Lipinski definition) is 2. The van der Waals surface area contributed by atoms with Crippen LogP contribution >= 0.6 is 11.6 Å². The Morgan fingerprint density at radius 3 is 2.63 bits per heavy atom. The van der Waals surface area contributed by atoms with Gasteiger partial charge in [-0.05, 0) is 43.2 Å². The zero-order valence-electron chi connectivity index (χ0n) is 15.1. The summed E-state index contributed by atoms with van der Waals surface area (Å²) >= 11 is 5.97. The van der Waals surface area contributed by atoms with E-state index in [2.05, 4.69) is 5.32 Å². The molecular formula is C19H23ClN2O4S. The summed E-state index contributed by atoms with van der Waals surface area (Å²) in [6.45, 7) is 0.754. The van der Waals surface area contributed by atoms with Crippen LogP contribution in [0.3, 0.4) is 0 Å². The Labute approximate surface area is 164 Å². The molecule has 0 aromatic heterocycles. The number of ether oxygens (including phenoxy) is 1. The third-order valence-electron chi connectivity index (χ3n) is 4.73. The second kappa shape index (κ2) is 8.48. The molecule has 2 aromatic rings. The molecule has 1 heterocycles. The summed E-state index contributed by atoms with van der Waals surface area (Å²) in [5.74, 6) is 0.520. The zero-order valence-corrected chi connectivity index (χ0v) is 16.6. The smallest absolute Gasteiger partial charge is 0.243 e. The van der Waals surface area contributed by atoms with Crippen LogP contribution < -0.4 is 10.1 Å². The van der Waals surface area contributed by atoms with Gasteiger partial charge >= 0.3 is 0 Å². The molecule has 8 heteroatoms. The van der Waals surface area contributed by atoms with Crippen molar-refractivity contribution in [2.75, 3.05) is 25.5 Å². The van der Waals surface area contributed by atoms with Crippen molar-refractivity contribution in [2.24, 2.45) is 0 Å². The molecule has 1 fully saturated rings. The average molecular weight is 411 g/mol. The highest BCUT2D eigenvalue weighted by molar-refractivity contribution is 7.89. The van der Waals surface area contributed by atoms with Crippen molar-refractivity contribution in [1.82, 2.24) is 4.31 Å². The van der Waals surface area contributed by atoms with E-state index in [1.807, 2.05) is 6.07 Å². The third kappa shape index (κ3) is 4.55. The van der Waals surface area contributed by atoms with Crippen LogP contribution in [-0.4, -0.2) is 44.1 Å². The maximum absolute atomic E-state index is 12.9. The summed E-state index contributed by atoms with van der Waals surface area (Å²) in [5.41, 5.74) is 1.56. The van der Waals surface area contributed by atoms with Crippen molar-refractivity contribution in [2.45, 2.75) is 30.4 Å². The number of sulfonamides is 1. The number of benzene rings is 2. The molecule has 6 nitrogen and oxygen atoms in total. The first-order chi connectivity index (χ1) is 12.9. The van der Waals surface area contributed by atoms with Gasteiger partial charge in [0.2, 0.25) is 10.0 Å². The standard InChI is InChI=1S/C19H23ClN2O4S/c1-26-17-3-2-4-18(12-17)27(24,25)22-9-7-16(8-10-22)21-19-6-5-15(20)11-14(19)13-23/h2-6,11-12,16,21,23H,7-10,13H2,1H3. The molecular weight excluding hydrogens is 388 g/mol. The minimum atomic E-state index is -3.54. The van der Waals surface area contributed by atoms with E-state index < -0.39 is 10.0 Å². The van der Waals surface area contributed by atoms with Crippen molar-refractivity contribution < 1.29 is 18.3 Å². The summed E-state index contributed by atoms with van der Waals surface area (Å²) in [7, 11) is -2.03. The average Bonchev–Trinajstić information content (AvgIpc) is 2.69. The van der Waals surface area contributed by atoms with Gasteiger partial charge in [-0.25, -0.2) is 8.42 Å². The van der Waals surface area contributed by atoms with Crippen molar-refractivity contribution >= 4 is 27.3 Å². The second-order valence-electron chi connectivity index (χ2n) is 6.46. The summed E-state index contributed by atoms with van der Waals surface area (Å²) < 4.78 is 32.4. The summed E-state index contributed by atoms with van der Waals surface area (Å²) in [5, 5.41) is 13.5. The molecule has 2 N–H and O–H groups in total. The number of methoxy groups -OCH3 is 1. The van der Waals surface area contributed by atoms with Gasteiger partial charge in [-0.1, -0.05) is 17.7 Å². The molecule has 0 bridgehead atoms. The van der Waals surface area contributed by atoms with Crippen LogP contribution in [0.5, 0.6) is 5.75 Å². The van der Waals surface area contributed by atoms with E-state index in [9.17, 15) is 13.5 Å². The molecule has 27 heavy (non-hydrogen) atoms. The van der Waals surface area contributed by atoms with E-state index >= 15 is 0 Å². The Morgan fingerprint density at radius 1 is 1.22 bits per heavy atom. The molecule has 0 radical (unpaired) electrons. The van der Waals surface area contributed by atoms with Crippen molar-refractivity contribution in [3.63, 3.8) is 0 Å². The fourth-order valence-electron chi connectivity index (χ4n) is 3.21. The molecule has 0 saturated carbocycles. The van der Waals surface area contributed by atoms with Crippen molar-refractivity contribution in [1.29, 1.82) is 0 Å².